The first-order valence-corrected chi connectivity index (χ1v) is 7.92. The topological polar surface area (TPSA) is 29.5 Å². The number of aliphatic hydroxyl groups excluding tert-OH is 1. The van der Waals surface area contributed by atoms with Gasteiger partial charge in [0.25, 0.3) is 0 Å². The van der Waals surface area contributed by atoms with Gasteiger partial charge in [0.05, 0.1) is 18.2 Å². The molecule has 1 atom stereocenters. The van der Waals surface area contributed by atoms with E-state index < -0.39 is 6.10 Å². The largest absolute Gasteiger partial charge is 0.495 e. The number of benzene rings is 1. The van der Waals surface area contributed by atoms with Crippen molar-refractivity contribution in [3.05, 3.63) is 28.8 Å². The molecule has 0 aliphatic heterocycles. The zero-order chi connectivity index (χ0) is 14.7. The summed E-state index contributed by atoms with van der Waals surface area (Å²) in [6, 6.07) is 5.57. The smallest absolute Gasteiger partial charge is 0.137 e. The fourth-order valence-electron chi connectivity index (χ4n) is 3.26. The summed E-state index contributed by atoms with van der Waals surface area (Å²) in [4.78, 5) is 0. The van der Waals surface area contributed by atoms with Gasteiger partial charge in [0.2, 0.25) is 0 Å². The lowest BCUT2D eigenvalue weighted by atomic mass is 9.74. The van der Waals surface area contributed by atoms with Crippen LogP contribution in [0.5, 0.6) is 5.75 Å². The molecular formula is C17H25ClO2. The zero-order valence-corrected chi connectivity index (χ0v) is 13.4. The van der Waals surface area contributed by atoms with E-state index in [9.17, 15) is 5.11 Å². The molecular weight excluding hydrogens is 272 g/mol. The highest BCUT2D eigenvalue weighted by Gasteiger charge is 2.28. The van der Waals surface area contributed by atoms with Crippen molar-refractivity contribution in [2.75, 3.05) is 7.11 Å². The Morgan fingerprint density at radius 2 is 1.75 bits per heavy atom. The molecule has 1 aromatic carbocycles. The molecule has 0 saturated heterocycles. The summed E-state index contributed by atoms with van der Waals surface area (Å²) in [5, 5.41) is 11.2. The van der Waals surface area contributed by atoms with Crippen molar-refractivity contribution in [2.24, 2.45) is 17.8 Å². The van der Waals surface area contributed by atoms with E-state index in [2.05, 4.69) is 13.8 Å². The molecule has 0 aromatic heterocycles. The molecule has 0 heterocycles. The fourth-order valence-corrected chi connectivity index (χ4v) is 3.45. The fraction of sp³-hybridized carbons (Fsp3) is 0.647. The molecule has 1 N–H and O–H groups in total. The predicted octanol–water partition coefficient (Wildman–Crippen LogP) is 4.84. The van der Waals surface area contributed by atoms with Crippen LogP contribution in [0.3, 0.4) is 0 Å². The van der Waals surface area contributed by atoms with E-state index in [0.29, 0.717) is 16.7 Å². The van der Waals surface area contributed by atoms with Crippen molar-refractivity contribution < 1.29 is 9.84 Å². The molecule has 1 unspecified atom stereocenters. The Kier molecular flexibility index (Phi) is 5.34. The average molecular weight is 297 g/mol. The number of methoxy groups -OCH3 is 1. The molecule has 0 spiro atoms. The SMILES string of the molecule is COc1cc(C(O)C2CCC(C(C)C)CC2)ccc1Cl. The molecule has 0 radical (unpaired) electrons. The van der Waals surface area contributed by atoms with Gasteiger partial charge < -0.3 is 9.84 Å². The minimum atomic E-state index is -0.408. The summed E-state index contributed by atoms with van der Waals surface area (Å²) in [6.07, 6.45) is 4.26. The standard InChI is InChI=1S/C17H25ClO2/c1-11(2)12-4-6-13(7-5-12)17(19)14-8-9-15(18)16(10-14)20-3/h8-13,17,19H,4-7H2,1-3H3. The van der Waals surface area contributed by atoms with Gasteiger partial charge in [-0.25, -0.2) is 0 Å². The Labute approximate surface area is 127 Å². The molecule has 2 rings (SSSR count). The molecule has 1 aliphatic carbocycles. The van der Waals surface area contributed by atoms with E-state index in [1.54, 1.807) is 13.2 Å². The van der Waals surface area contributed by atoms with Gasteiger partial charge in [-0.05, 0) is 61.1 Å². The first-order valence-electron chi connectivity index (χ1n) is 7.54. The Balaban J connectivity index is 2.03. The number of hydrogen-bond donors (Lipinski definition) is 1. The molecule has 1 aromatic rings. The van der Waals surface area contributed by atoms with E-state index in [4.69, 9.17) is 16.3 Å². The van der Waals surface area contributed by atoms with Crippen LogP contribution in [-0.2, 0) is 0 Å². The number of halogens is 1. The van der Waals surface area contributed by atoms with Crippen LogP contribution in [0.4, 0.5) is 0 Å². The summed E-state index contributed by atoms with van der Waals surface area (Å²) in [7, 11) is 1.60. The highest BCUT2D eigenvalue weighted by atomic mass is 35.5. The van der Waals surface area contributed by atoms with Crippen LogP contribution in [0.1, 0.15) is 51.2 Å². The molecule has 20 heavy (non-hydrogen) atoms. The van der Waals surface area contributed by atoms with Crippen molar-refractivity contribution in [2.45, 2.75) is 45.6 Å². The Hall–Kier alpha value is -0.730. The minimum Gasteiger partial charge on any atom is -0.495 e. The molecule has 3 heteroatoms. The van der Waals surface area contributed by atoms with Crippen LogP contribution in [-0.4, -0.2) is 12.2 Å². The van der Waals surface area contributed by atoms with Gasteiger partial charge >= 0.3 is 0 Å². The van der Waals surface area contributed by atoms with Crippen LogP contribution in [0.25, 0.3) is 0 Å². The lowest BCUT2D eigenvalue weighted by Gasteiger charge is -2.33. The second-order valence-electron chi connectivity index (χ2n) is 6.26. The number of hydrogen-bond acceptors (Lipinski definition) is 2. The van der Waals surface area contributed by atoms with Crippen molar-refractivity contribution >= 4 is 11.6 Å². The maximum Gasteiger partial charge on any atom is 0.137 e. The molecule has 0 bridgehead atoms. The van der Waals surface area contributed by atoms with Gasteiger partial charge in [0.15, 0.2) is 0 Å². The quantitative estimate of drug-likeness (QED) is 0.861. The van der Waals surface area contributed by atoms with E-state index in [0.717, 1.165) is 30.2 Å². The average Bonchev–Trinajstić information content (AvgIpc) is 2.47. The van der Waals surface area contributed by atoms with E-state index >= 15 is 0 Å². The normalized spacial score (nSPS) is 24.7. The van der Waals surface area contributed by atoms with Crippen molar-refractivity contribution in [3.8, 4) is 5.75 Å². The van der Waals surface area contributed by atoms with Crippen LogP contribution in [0.15, 0.2) is 18.2 Å². The molecule has 1 aliphatic rings. The van der Waals surface area contributed by atoms with Crippen LogP contribution < -0.4 is 4.74 Å². The first kappa shape index (κ1) is 15.7. The van der Waals surface area contributed by atoms with E-state index in [-0.39, 0.29) is 0 Å². The summed E-state index contributed by atoms with van der Waals surface area (Å²) >= 11 is 6.03. The van der Waals surface area contributed by atoms with Crippen molar-refractivity contribution in [1.82, 2.24) is 0 Å². The molecule has 112 valence electrons. The van der Waals surface area contributed by atoms with E-state index in [1.807, 2.05) is 12.1 Å². The van der Waals surface area contributed by atoms with E-state index in [1.165, 1.54) is 12.8 Å². The van der Waals surface area contributed by atoms with Crippen molar-refractivity contribution in [1.29, 1.82) is 0 Å². The summed E-state index contributed by atoms with van der Waals surface area (Å²) < 4.78 is 5.23. The second-order valence-corrected chi connectivity index (χ2v) is 6.66. The highest BCUT2D eigenvalue weighted by molar-refractivity contribution is 6.32. The maximum absolute atomic E-state index is 10.6. The van der Waals surface area contributed by atoms with Gasteiger partial charge in [-0.2, -0.15) is 0 Å². The van der Waals surface area contributed by atoms with Crippen LogP contribution in [0.2, 0.25) is 5.02 Å². The molecule has 2 nitrogen and oxygen atoms in total. The number of rotatable bonds is 4. The third-order valence-electron chi connectivity index (χ3n) is 4.72. The third kappa shape index (κ3) is 3.48. The molecule has 1 fully saturated rings. The lowest BCUT2D eigenvalue weighted by molar-refractivity contribution is 0.0666. The molecule has 1 saturated carbocycles. The van der Waals surface area contributed by atoms with Gasteiger partial charge in [-0.3, -0.25) is 0 Å². The zero-order valence-electron chi connectivity index (χ0n) is 12.6. The maximum atomic E-state index is 10.6. The first-order chi connectivity index (χ1) is 9.52. The van der Waals surface area contributed by atoms with Crippen molar-refractivity contribution in [3.63, 3.8) is 0 Å². The van der Waals surface area contributed by atoms with Gasteiger partial charge in [0, 0.05) is 0 Å². The van der Waals surface area contributed by atoms with Gasteiger partial charge in [-0.15, -0.1) is 0 Å². The Bertz CT molecular complexity index is 437. The highest BCUT2D eigenvalue weighted by Crippen LogP contribution is 2.40. The number of aliphatic hydroxyl groups is 1. The summed E-state index contributed by atoms with van der Waals surface area (Å²) in [5.74, 6) is 2.57. The monoisotopic (exact) mass is 296 g/mol. The number of ether oxygens (including phenoxy) is 1. The molecule has 0 amide bonds. The lowest BCUT2D eigenvalue weighted by Crippen LogP contribution is -2.23. The minimum absolute atomic E-state index is 0.357. The Morgan fingerprint density at radius 3 is 2.30 bits per heavy atom. The summed E-state index contributed by atoms with van der Waals surface area (Å²) in [5.41, 5.74) is 0.916. The Morgan fingerprint density at radius 1 is 1.15 bits per heavy atom. The van der Waals surface area contributed by atoms with Gasteiger partial charge in [-0.1, -0.05) is 31.5 Å². The van der Waals surface area contributed by atoms with Crippen LogP contribution in [0, 0.1) is 17.8 Å². The van der Waals surface area contributed by atoms with Gasteiger partial charge in [0.1, 0.15) is 5.75 Å². The second kappa shape index (κ2) is 6.82. The predicted molar refractivity (Wildman–Crippen MR) is 83.2 cm³/mol. The van der Waals surface area contributed by atoms with Crippen LogP contribution >= 0.6 is 11.6 Å². The summed E-state index contributed by atoms with van der Waals surface area (Å²) in [6.45, 7) is 4.59. The third-order valence-corrected chi connectivity index (χ3v) is 5.03.